The minimum absolute atomic E-state index is 0.00218. The van der Waals surface area contributed by atoms with Crippen LogP contribution in [0, 0.1) is 5.41 Å². The monoisotopic (exact) mass is 609 g/mol. The normalized spacial score (nSPS) is 18.8. The molecule has 1 N–H and O–H groups in total. The maximum atomic E-state index is 13.7. The molecule has 0 aromatic heterocycles. The van der Waals surface area contributed by atoms with Crippen LogP contribution in [0.3, 0.4) is 0 Å². The van der Waals surface area contributed by atoms with E-state index < -0.39 is 16.1 Å². The molecule has 7 heteroatoms. The Balaban J connectivity index is 1.13. The summed E-state index contributed by atoms with van der Waals surface area (Å²) in [5.41, 5.74) is 2.50. The van der Waals surface area contributed by atoms with Gasteiger partial charge in [0.15, 0.2) is 0 Å². The maximum absolute atomic E-state index is 13.7. The van der Waals surface area contributed by atoms with Crippen LogP contribution >= 0.6 is 0 Å². The first-order chi connectivity index (χ1) is 21.2. The Morgan fingerprint density at radius 1 is 0.773 bits per heavy atom. The molecule has 1 saturated heterocycles. The zero-order valence-electron chi connectivity index (χ0n) is 25.8. The van der Waals surface area contributed by atoms with Gasteiger partial charge in [-0.05, 0) is 92.1 Å². The SMILES string of the molecule is CN(C)C1(c2ccccc2)CCC2(CCN(C(=O)CC(NS(=O)(=O)c3ccc4ccccc4c3)c3ccccc3)CC2)CC1. The number of amides is 1. The number of nitrogens with one attached hydrogen (secondary N) is 1. The molecule has 44 heavy (non-hydrogen) atoms. The molecule has 1 heterocycles. The molecule has 230 valence electrons. The highest BCUT2D eigenvalue weighted by Crippen LogP contribution is 2.52. The van der Waals surface area contributed by atoms with E-state index in [1.54, 1.807) is 12.1 Å². The van der Waals surface area contributed by atoms with Crippen LogP contribution in [0.4, 0.5) is 0 Å². The molecule has 6 rings (SSSR count). The molecule has 4 aromatic rings. The predicted octanol–water partition coefficient (Wildman–Crippen LogP) is 6.89. The van der Waals surface area contributed by atoms with Gasteiger partial charge in [0.1, 0.15) is 0 Å². The first-order valence-electron chi connectivity index (χ1n) is 15.8. The lowest BCUT2D eigenvalue weighted by molar-refractivity contribution is -0.134. The van der Waals surface area contributed by atoms with Crippen LogP contribution in [-0.4, -0.2) is 51.3 Å². The van der Waals surface area contributed by atoms with E-state index in [0.717, 1.165) is 68.0 Å². The fraction of sp³-hybridized carbons (Fsp3) is 0.378. The van der Waals surface area contributed by atoms with Gasteiger partial charge >= 0.3 is 0 Å². The highest BCUT2D eigenvalue weighted by Gasteiger charge is 2.46. The third-order valence-corrected chi connectivity index (χ3v) is 11.9. The lowest BCUT2D eigenvalue weighted by atomic mass is 9.61. The molecule has 0 radical (unpaired) electrons. The average Bonchev–Trinajstić information content (AvgIpc) is 3.05. The Hall–Kier alpha value is -3.52. The number of hydrogen-bond donors (Lipinski definition) is 1. The van der Waals surface area contributed by atoms with Crippen LogP contribution in [0.2, 0.25) is 0 Å². The van der Waals surface area contributed by atoms with Gasteiger partial charge in [0.2, 0.25) is 15.9 Å². The average molecular weight is 610 g/mol. The fourth-order valence-corrected chi connectivity index (χ4v) is 8.73. The van der Waals surface area contributed by atoms with Gasteiger partial charge in [0, 0.05) is 25.0 Å². The van der Waals surface area contributed by atoms with Crippen LogP contribution in [0.25, 0.3) is 10.8 Å². The Morgan fingerprint density at radius 2 is 1.36 bits per heavy atom. The number of rotatable bonds is 8. The van der Waals surface area contributed by atoms with Gasteiger partial charge in [0.05, 0.1) is 10.9 Å². The van der Waals surface area contributed by atoms with Crippen molar-refractivity contribution >= 4 is 26.7 Å². The van der Waals surface area contributed by atoms with Crippen molar-refractivity contribution in [1.82, 2.24) is 14.5 Å². The lowest BCUT2D eigenvalue weighted by Crippen LogP contribution is -2.50. The molecule has 2 aliphatic rings. The quantitative estimate of drug-likeness (QED) is 0.236. The molecule has 1 aliphatic carbocycles. The zero-order valence-corrected chi connectivity index (χ0v) is 26.6. The van der Waals surface area contributed by atoms with E-state index in [0.29, 0.717) is 0 Å². The van der Waals surface area contributed by atoms with E-state index in [1.165, 1.54) is 5.56 Å². The van der Waals surface area contributed by atoms with E-state index in [2.05, 4.69) is 54.0 Å². The molecule has 6 nitrogen and oxygen atoms in total. The van der Waals surface area contributed by atoms with Crippen molar-refractivity contribution in [1.29, 1.82) is 0 Å². The number of carbonyl (C=O) groups excluding carboxylic acids is 1. The number of likely N-dealkylation sites (tertiary alicyclic amines) is 1. The predicted molar refractivity (Wildman–Crippen MR) is 177 cm³/mol. The third-order valence-electron chi connectivity index (χ3n) is 10.4. The zero-order chi connectivity index (χ0) is 30.8. The van der Waals surface area contributed by atoms with Crippen molar-refractivity contribution in [2.45, 2.75) is 61.4 Å². The van der Waals surface area contributed by atoms with Crippen LogP contribution in [-0.2, 0) is 20.4 Å². The summed E-state index contributed by atoms with van der Waals surface area (Å²) in [4.78, 5) is 18.3. The number of hydrogen-bond acceptors (Lipinski definition) is 4. The number of benzene rings is 4. The Labute approximate surface area is 262 Å². The number of carbonyl (C=O) groups is 1. The molecular weight excluding hydrogens is 566 g/mol. The second-order valence-electron chi connectivity index (χ2n) is 13.0. The summed E-state index contributed by atoms with van der Waals surface area (Å²) < 4.78 is 30.0. The van der Waals surface area contributed by atoms with E-state index in [4.69, 9.17) is 0 Å². The summed E-state index contributed by atoms with van der Waals surface area (Å²) in [5, 5.41) is 1.84. The number of sulfonamides is 1. The van der Waals surface area contributed by atoms with Gasteiger partial charge < -0.3 is 4.90 Å². The second kappa shape index (κ2) is 12.5. The van der Waals surface area contributed by atoms with E-state index >= 15 is 0 Å². The van der Waals surface area contributed by atoms with Gasteiger partial charge in [0.25, 0.3) is 0 Å². The minimum Gasteiger partial charge on any atom is -0.343 e. The van der Waals surface area contributed by atoms with Gasteiger partial charge in [-0.3, -0.25) is 9.69 Å². The van der Waals surface area contributed by atoms with Crippen molar-refractivity contribution in [2.75, 3.05) is 27.2 Å². The van der Waals surface area contributed by atoms with Gasteiger partial charge in [-0.25, -0.2) is 13.1 Å². The first kappa shape index (κ1) is 30.5. The molecule has 1 atom stereocenters. The summed E-state index contributed by atoms with van der Waals surface area (Å²) in [6, 6.07) is 32.5. The smallest absolute Gasteiger partial charge is 0.241 e. The highest BCUT2D eigenvalue weighted by atomic mass is 32.2. The topological polar surface area (TPSA) is 69.7 Å². The van der Waals surface area contributed by atoms with Crippen molar-refractivity contribution in [3.63, 3.8) is 0 Å². The fourth-order valence-electron chi connectivity index (χ4n) is 7.47. The van der Waals surface area contributed by atoms with Crippen molar-refractivity contribution in [3.05, 3.63) is 114 Å². The second-order valence-corrected chi connectivity index (χ2v) is 14.7. The highest BCUT2D eigenvalue weighted by molar-refractivity contribution is 7.89. The third kappa shape index (κ3) is 6.19. The molecule has 1 unspecified atom stereocenters. The summed E-state index contributed by atoms with van der Waals surface area (Å²) in [7, 11) is 0.533. The molecular formula is C37H43N3O3S. The van der Waals surface area contributed by atoms with E-state index in [1.807, 2.05) is 65.6 Å². The lowest BCUT2D eigenvalue weighted by Gasteiger charge is -2.52. The number of piperidine rings is 1. The number of nitrogens with zero attached hydrogens (tertiary/aromatic N) is 2. The summed E-state index contributed by atoms with van der Waals surface area (Å²) in [6.45, 7) is 1.44. The Kier molecular flexibility index (Phi) is 8.64. The number of fused-ring (bicyclic) bond motifs is 1. The van der Waals surface area contributed by atoms with E-state index in [-0.39, 0.29) is 28.2 Å². The van der Waals surface area contributed by atoms with Crippen molar-refractivity contribution in [2.24, 2.45) is 5.41 Å². The van der Waals surface area contributed by atoms with Gasteiger partial charge in [-0.1, -0.05) is 91.0 Å². The van der Waals surface area contributed by atoms with E-state index in [9.17, 15) is 13.2 Å². The molecule has 1 saturated carbocycles. The van der Waals surface area contributed by atoms with Crippen LogP contribution in [0.15, 0.2) is 108 Å². The summed E-state index contributed by atoms with van der Waals surface area (Å²) in [5.74, 6) is -0.00218. The van der Waals surface area contributed by atoms with Crippen LogP contribution in [0.1, 0.15) is 62.1 Å². The molecule has 0 bridgehead atoms. The summed E-state index contributed by atoms with van der Waals surface area (Å²) in [6.07, 6.45) is 6.61. The molecule has 1 amide bonds. The molecule has 2 fully saturated rings. The Bertz CT molecular complexity index is 1690. The van der Waals surface area contributed by atoms with Crippen molar-refractivity contribution in [3.8, 4) is 0 Å². The first-order valence-corrected chi connectivity index (χ1v) is 17.3. The standard InChI is InChI=1S/C37H43N3O3S/c1-39(2)37(32-15-7-4-8-16-32)21-19-36(20-22-37)23-25-40(26-24-36)35(41)28-34(30-12-5-3-6-13-30)38-44(42,43)33-18-17-29-11-9-10-14-31(29)27-33/h3-18,27,34,38H,19-26,28H2,1-2H3. The summed E-state index contributed by atoms with van der Waals surface area (Å²) >= 11 is 0. The van der Waals surface area contributed by atoms with Crippen LogP contribution < -0.4 is 4.72 Å². The van der Waals surface area contributed by atoms with Crippen molar-refractivity contribution < 1.29 is 13.2 Å². The van der Waals surface area contributed by atoms with Gasteiger partial charge in [-0.2, -0.15) is 0 Å². The van der Waals surface area contributed by atoms with Crippen LogP contribution in [0.5, 0.6) is 0 Å². The maximum Gasteiger partial charge on any atom is 0.241 e. The van der Waals surface area contributed by atoms with Gasteiger partial charge in [-0.15, -0.1) is 0 Å². The Morgan fingerprint density at radius 3 is 2.00 bits per heavy atom. The molecule has 4 aromatic carbocycles. The molecule has 1 aliphatic heterocycles. The largest absolute Gasteiger partial charge is 0.343 e. The minimum atomic E-state index is -3.86. The molecule has 1 spiro atoms.